The Kier molecular flexibility index (Phi) is 6.00. The molecule has 132 valence electrons. The largest absolute Gasteiger partial charge is 0.441 e. The number of nitrogens with two attached hydrogens (primary N) is 2. The monoisotopic (exact) mass is 384 g/mol. The van der Waals surface area contributed by atoms with Gasteiger partial charge in [-0.15, -0.1) is 0 Å². The standard InChI is InChI=1S/C15H14Cl2N4O4/c16-7-1-2-8(9(17)5-7)10-6-20-12(25-10)4-3-11(22)21-13(14(18)23)15(19)24/h1-2,5-6,13H,3-4H2,(H2,18,23)(H2,19,24)(H,21,22). The molecular formula is C15H14Cl2N4O4. The van der Waals surface area contributed by atoms with Crippen molar-refractivity contribution in [1.29, 1.82) is 0 Å². The Labute approximate surface area is 152 Å². The number of carbonyl (C=O) groups excluding carboxylic acids is 3. The number of aromatic nitrogens is 1. The molecule has 0 spiro atoms. The Morgan fingerprint density at radius 2 is 1.88 bits per heavy atom. The number of nitrogens with zero attached hydrogens (tertiary/aromatic N) is 1. The summed E-state index contributed by atoms with van der Waals surface area (Å²) in [6, 6.07) is 3.36. The van der Waals surface area contributed by atoms with Gasteiger partial charge < -0.3 is 21.2 Å². The second-order valence-corrected chi connectivity index (χ2v) is 5.89. The van der Waals surface area contributed by atoms with Gasteiger partial charge in [0.15, 0.2) is 17.7 Å². The van der Waals surface area contributed by atoms with Crippen molar-refractivity contribution in [1.82, 2.24) is 10.3 Å². The zero-order valence-electron chi connectivity index (χ0n) is 12.8. The van der Waals surface area contributed by atoms with Crippen molar-refractivity contribution < 1.29 is 18.8 Å². The molecule has 2 aromatic rings. The molecule has 0 saturated carbocycles. The lowest BCUT2D eigenvalue weighted by Crippen LogP contribution is -2.52. The molecule has 0 atom stereocenters. The average molecular weight is 385 g/mol. The average Bonchev–Trinajstić information content (AvgIpc) is 2.98. The summed E-state index contributed by atoms with van der Waals surface area (Å²) in [5.74, 6) is -1.95. The van der Waals surface area contributed by atoms with Crippen LogP contribution < -0.4 is 16.8 Å². The van der Waals surface area contributed by atoms with Crippen LogP contribution in [-0.2, 0) is 20.8 Å². The van der Waals surface area contributed by atoms with Crippen LogP contribution in [0.2, 0.25) is 10.0 Å². The molecule has 3 amide bonds. The number of benzene rings is 1. The molecule has 25 heavy (non-hydrogen) atoms. The lowest BCUT2D eigenvalue weighted by molar-refractivity contribution is -0.134. The van der Waals surface area contributed by atoms with Gasteiger partial charge in [0.2, 0.25) is 17.7 Å². The Bertz CT molecular complexity index is 808. The quantitative estimate of drug-likeness (QED) is 0.611. The molecular weight excluding hydrogens is 371 g/mol. The van der Waals surface area contributed by atoms with Crippen molar-refractivity contribution in [3.63, 3.8) is 0 Å². The predicted octanol–water partition coefficient (Wildman–Crippen LogP) is 1.04. The van der Waals surface area contributed by atoms with Gasteiger partial charge >= 0.3 is 0 Å². The van der Waals surface area contributed by atoms with Crippen molar-refractivity contribution in [3.05, 3.63) is 40.3 Å². The van der Waals surface area contributed by atoms with Crippen LogP contribution in [0.4, 0.5) is 0 Å². The fraction of sp³-hybridized carbons (Fsp3) is 0.200. The molecule has 0 saturated heterocycles. The summed E-state index contributed by atoms with van der Waals surface area (Å²) in [5.41, 5.74) is 10.6. The van der Waals surface area contributed by atoms with Gasteiger partial charge in [0.05, 0.1) is 11.2 Å². The third-order valence-corrected chi connectivity index (χ3v) is 3.74. The summed E-state index contributed by atoms with van der Waals surface area (Å²) in [7, 11) is 0. The molecule has 1 heterocycles. The molecule has 0 aliphatic heterocycles. The molecule has 0 fully saturated rings. The van der Waals surface area contributed by atoms with Gasteiger partial charge in [0.25, 0.3) is 0 Å². The third-order valence-electron chi connectivity index (χ3n) is 3.19. The van der Waals surface area contributed by atoms with E-state index in [4.69, 9.17) is 39.1 Å². The first kappa shape index (κ1) is 18.8. The zero-order chi connectivity index (χ0) is 18.6. The first-order valence-electron chi connectivity index (χ1n) is 7.06. The van der Waals surface area contributed by atoms with Crippen molar-refractivity contribution in [2.45, 2.75) is 18.9 Å². The predicted molar refractivity (Wildman–Crippen MR) is 90.6 cm³/mol. The number of rotatable bonds is 7. The first-order chi connectivity index (χ1) is 11.8. The summed E-state index contributed by atoms with van der Waals surface area (Å²) in [4.78, 5) is 37.9. The molecule has 0 unspecified atom stereocenters. The van der Waals surface area contributed by atoms with Crippen molar-refractivity contribution in [2.75, 3.05) is 0 Å². The Morgan fingerprint density at radius 1 is 1.20 bits per heavy atom. The number of halogens is 2. The fourth-order valence-corrected chi connectivity index (χ4v) is 2.48. The number of aryl methyl sites for hydroxylation is 1. The molecule has 5 N–H and O–H groups in total. The fourth-order valence-electron chi connectivity index (χ4n) is 1.98. The second-order valence-electron chi connectivity index (χ2n) is 5.05. The summed E-state index contributed by atoms with van der Waals surface area (Å²) < 4.78 is 5.54. The van der Waals surface area contributed by atoms with Gasteiger partial charge in [-0.25, -0.2) is 4.98 Å². The highest BCUT2D eigenvalue weighted by Crippen LogP contribution is 2.30. The van der Waals surface area contributed by atoms with Crippen LogP contribution in [0.25, 0.3) is 11.3 Å². The molecule has 1 aromatic heterocycles. The lowest BCUT2D eigenvalue weighted by atomic mass is 10.2. The molecule has 1 aromatic carbocycles. The summed E-state index contributed by atoms with van der Waals surface area (Å²) in [6.07, 6.45) is 1.53. The summed E-state index contributed by atoms with van der Waals surface area (Å²) in [5, 5.41) is 3.04. The highest BCUT2D eigenvalue weighted by molar-refractivity contribution is 6.36. The van der Waals surface area contributed by atoms with Gasteiger partial charge in [0.1, 0.15) is 0 Å². The highest BCUT2D eigenvalue weighted by atomic mass is 35.5. The van der Waals surface area contributed by atoms with E-state index < -0.39 is 23.8 Å². The minimum Gasteiger partial charge on any atom is -0.441 e. The smallest absolute Gasteiger partial charge is 0.249 e. The van der Waals surface area contributed by atoms with Crippen molar-refractivity contribution in [3.8, 4) is 11.3 Å². The lowest BCUT2D eigenvalue weighted by Gasteiger charge is -2.11. The van der Waals surface area contributed by atoms with E-state index in [0.717, 1.165) is 0 Å². The Balaban J connectivity index is 1.98. The second kappa shape index (κ2) is 8.00. The van der Waals surface area contributed by atoms with Gasteiger partial charge in [-0.1, -0.05) is 23.2 Å². The SMILES string of the molecule is NC(=O)C(NC(=O)CCc1ncc(-c2ccc(Cl)cc2Cl)o1)C(N)=O. The van der Waals surface area contributed by atoms with Gasteiger partial charge in [-0.05, 0) is 18.2 Å². The molecule has 8 nitrogen and oxygen atoms in total. The van der Waals surface area contributed by atoms with E-state index >= 15 is 0 Å². The van der Waals surface area contributed by atoms with Crippen LogP contribution in [0, 0.1) is 0 Å². The van der Waals surface area contributed by atoms with Crippen molar-refractivity contribution in [2.24, 2.45) is 11.5 Å². The highest BCUT2D eigenvalue weighted by Gasteiger charge is 2.23. The topological polar surface area (TPSA) is 141 Å². The Hall–Kier alpha value is -2.58. The van der Waals surface area contributed by atoms with Crippen LogP contribution in [0.5, 0.6) is 0 Å². The Morgan fingerprint density at radius 3 is 2.48 bits per heavy atom. The van der Waals surface area contributed by atoms with E-state index in [1.165, 1.54) is 6.20 Å². The normalized spacial score (nSPS) is 10.7. The molecule has 0 radical (unpaired) electrons. The van der Waals surface area contributed by atoms with Crippen molar-refractivity contribution >= 4 is 40.9 Å². The third kappa shape index (κ3) is 4.94. The van der Waals surface area contributed by atoms with Gasteiger partial charge in [-0.3, -0.25) is 14.4 Å². The van der Waals surface area contributed by atoms with E-state index in [1.807, 2.05) is 0 Å². The van der Waals surface area contributed by atoms with E-state index in [9.17, 15) is 14.4 Å². The van der Waals surface area contributed by atoms with Crippen LogP contribution in [0.15, 0.2) is 28.8 Å². The number of primary amides is 2. The van der Waals surface area contributed by atoms with Crippen LogP contribution in [-0.4, -0.2) is 28.7 Å². The first-order valence-corrected chi connectivity index (χ1v) is 7.81. The van der Waals surface area contributed by atoms with E-state index in [0.29, 0.717) is 21.4 Å². The molecule has 0 bridgehead atoms. The summed E-state index contributed by atoms with van der Waals surface area (Å²) in [6.45, 7) is 0. The number of nitrogens with one attached hydrogen (secondary N) is 1. The number of hydrogen-bond donors (Lipinski definition) is 3. The van der Waals surface area contributed by atoms with Crippen LogP contribution >= 0.6 is 23.2 Å². The maximum Gasteiger partial charge on any atom is 0.249 e. The van der Waals surface area contributed by atoms with E-state index in [2.05, 4.69) is 10.3 Å². The minimum absolute atomic E-state index is 0.0780. The minimum atomic E-state index is -1.56. The number of amides is 3. The van der Waals surface area contributed by atoms with Gasteiger partial charge in [-0.2, -0.15) is 0 Å². The maximum absolute atomic E-state index is 11.8. The molecule has 0 aliphatic carbocycles. The molecule has 2 rings (SSSR count). The number of oxazole rings is 1. The number of carbonyl (C=O) groups is 3. The summed E-state index contributed by atoms with van der Waals surface area (Å²) >= 11 is 11.9. The maximum atomic E-state index is 11.8. The van der Waals surface area contributed by atoms with Gasteiger partial charge in [0, 0.05) is 23.4 Å². The van der Waals surface area contributed by atoms with E-state index in [1.54, 1.807) is 18.2 Å². The molecule has 0 aliphatic rings. The zero-order valence-corrected chi connectivity index (χ0v) is 14.3. The number of hydrogen-bond acceptors (Lipinski definition) is 5. The van der Waals surface area contributed by atoms with E-state index in [-0.39, 0.29) is 18.7 Å². The molecule has 10 heteroatoms. The van der Waals surface area contributed by atoms with Crippen LogP contribution in [0.3, 0.4) is 0 Å². The van der Waals surface area contributed by atoms with Crippen LogP contribution in [0.1, 0.15) is 12.3 Å².